The molecule has 1 amide bonds. The fraction of sp³-hybridized carbons (Fsp3) is 0.238. The summed E-state index contributed by atoms with van der Waals surface area (Å²) >= 11 is 6.07. The highest BCUT2D eigenvalue weighted by Gasteiger charge is 2.25. The highest BCUT2D eigenvalue weighted by molar-refractivity contribution is 7.89. The molecule has 0 aliphatic carbocycles. The van der Waals surface area contributed by atoms with Crippen molar-refractivity contribution in [3.05, 3.63) is 64.8 Å². The van der Waals surface area contributed by atoms with Gasteiger partial charge in [-0.05, 0) is 24.3 Å². The highest BCUT2D eigenvalue weighted by atomic mass is 35.5. The van der Waals surface area contributed by atoms with Crippen LogP contribution in [-0.2, 0) is 21.4 Å². The van der Waals surface area contributed by atoms with Crippen LogP contribution in [0.15, 0.2) is 53.6 Å². The van der Waals surface area contributed by atoms with Gasteiger partial charge in [-0.25, -0.2) is 13.1 Å². The normalized spacial score (nSPS) is 11.5. The first-order valence-electron chi connectivity index (χ1n) is 9.58. The predicted octanol–water partition coefficient (Wildman–Crippen LogP) is 3.04. The summed E-state index contributed by atoms with van der Waals surface area (Å²) in [6.07, 6.45) is 1.54. The second-order valence-corrected chi connectivity index (χ2v) is 9.03. The topological polar surface area (TPSA) is 112 Å². The number of aromatic nitrogens is 2. The van der Waals surface area contributed by atoms with E-state index in [2.05, 4.69) is 10.4 Å². The molecule has 12 heteroatoms. The Labute approximate surface area is 196 Å². The van der Waals surface area contributed by atoms with Gasteiger partial charge in [-0.15, -0.1) is 0 Å². The zero-order valence-corrected chi connectivity index (χ0v) is 20.0. The molecule has 0 aliphatic rings. The van der Waals surface area contributed by atoms with E-state index >= 15 is 0 Å². The van der Waals surface area contributed by atoms with E-state index in [1.54, 1.807) is 31.0 Å². The SMILES string of the molecule is COc1cccc(Cn2nccc2NC(=O)c2ccc(Cl)c(S(=O)(=O)N(C)OC)c2)c1OC. The molecule has 0 saturated carbocycles. The van der Waals surface area contributed by atoms with E-state index in [-0.39, 0.29) is 15.5 Å². The van der Waals surface area contributed by atoms with Gasteiger partial charge in [0, 0.05) is 24.2 Å². The summed E-state index contributed by atoms with van der Waals surface area (Å²) in [7, 11) is 1.48. The molecule has 0 fully saturated rings. The number of methoxy groups -OCH3 is 2. The molecule has 1 aromatic heterocycles. The van der Waals surface area contributed by atoms with Crippen molar-refractivity contribution in [2.75, 3.05) is 33.7 Å². The van der Waals surface area contributed by atoms with Crippen LogP contribution in [0.25, 0.3) is 0 Å². The number of hydrogen-bond acceptors (Lipinski definition) is 7. The van der Waals surface area contributed by atoms with Gasteiger partial charge in [0.15, 0.2) is 11.5 Å². The Bertz CT molecular complexity index is 1260. The Balaban J connectivity index is 1.87. The third-order valence-corrected chi connectivity index (χ3v) is 6.99. The average Bonchev–Trinajstić information content (AvgIpc) is 3.24. The van der Waals surface area contributed by atoms with Crippen LogP contribution in [0.4, 0.5) is 5.82 Å². The third kappa shape index (κ3) is 5.11. The maximum Gasteiger partial charge on any atom is 0.266 e. The van der Waals surface area contributed by atoms with E-state index in [1.807, 2.05) is 12.1 Å². The van der Waals surface area contributed by atoms with Crippen LogP contribution < -0.4 is 14.8 Å². The first-order chi connectivity index (χ1) is 15.7. The molecule has 0 radical (unpaired) electrons. The van der Waals surface area contributed by atoms with E-state index < -0.39 is 15.9 Å². The van der Waals surface area contributed by atoms with Crippen LogP contribution in [0.5, 0.6) is 11.5 Å². The quantitative estimate of drug-likeness (QED) is 0.455. The molecule has 1 heterocycles. The number of carbonyl (C=O) groups excluding carboxylic acids is 1. The van der Waals surface area contributed by atoms with Gasteiger partial charge in [0.1, 0.15) is 10.7 Å². The van der Waals surface area contributed by atoms with E-state index in [1.165, 1.54) is 38.6 Å². The zero-order chi connectivity index (χ0) is 24.2. The molecule has 2 aromatic carbocycles. The van der Waals surface area contributed by atoms with Crippen molar-refractivity contribution in [3.63, 3.8) is 0 Å². The van der Waals surface area contributed by atoms with Gasteiger partial charge in [0.05, 0.1) is 39.1 Å². The molecule has 0 spiro atoms. The van der Waals surface area contributed by atoms with Crippen molar-refractivity contribution >= 4 is 33.3 Å². The van der Waals surface area contributed by atoms with E-state index in [9.17, 15) is 13.2 Å². The molecule has 0 atom stereocenters. The summed E-state index contributed by atoms with van der Waals surface area (Å²) in [5.74, 6) is 0.993. The lowest BCUT2D eigenvalue weighted by atomic mass is 10.2. The summed E-state index contributed by atoms with van der Waals surface area (Å²) in [4.78, 5) is 17.4. The molecule has 33 heavy (non-hydrogen) atoms. The fourth-order valence-electron chi connectivity index (χ4n) is 3.07. The van der Waals surface area contributed by atoms with Crippen LogP contribution >= 0.6 is 11.6 Å². The standard InChI is InChI=1S/C21H23ClN4O6S/c1-25(32-4)33(28,29)18-12-14(8-9-16(18)22)21(27)24-19-10-11-23-26(19)13-15-6-5-7-17(30-2)20(15)31-3/h5-12H,13H2,1-4H3,(H,24,27). The minimum Gasteiger partial charge on any atom is -0.493 e. The summed E-state index contributed by atoms with van der Waals surface area (Å²) in [6, 6.07) is 11.0. The summed E-state index contributed by atoms with van der Waals surface area (Å²) < 4.78 is 38.2. The number of ether oxygens (including phenoxy) is 2. The van der Waals surface area contributed by atoms with E-state index in [4.69, 9.17) is 25.9 Å². The number of sulfonamides is 1. The molecular weight excluding hydrogens is 472 g/mol. The van der Waals surface area contributed by atoms with Gasteiger partial charge in [-0.2, -0.15) is 5.10 Å². The Hall–Kier alpha value is -3.12. The second-order valence-electron chi connectivity index (χ2n) is 6.72. The molecule has 0 saturated heterocycles. The minimum absolute atomic E-state index is 0.0365. The van der Waals surface area contributed by atoms with E-state index in [0.29, 0.717) is 28.3 Å². The number of carbonyl (C=O) groups is 1. The summed E-state index contributed by atoms with van der Waals surface area (Å²) in [5.41, 5.74) is 0.882. The van der Waals surface area contributed by atoms with Crippen LogP contribution in [0, 0.1) is 0 Å². The average molecular weight is 495 g/mol. The molecule has 0 aliphatic heterocycles. The molecule has 1 N–H and O–H groups in total. The smallest absolute Gasteiger partial charge is 0.266 e. The lowest BCUT2D eigenvalue weighted by molar-refractivity contribution is -0.0258. The molecule has 10 nitrogen and oxygen atoms in total. The van der Waals surface area contributed by atoms with Crippen molar-refractivity contribution in [1.82, 2.24) is 14.2 Å². The van der Waals surface area contributed by atoms with Crippen molar-refractivity contribution in [2.24, 2.45) is 0 Å². The Morgan fingerprint density at radius 3 is 2.58 bits per heavy atom. The largest absolute Gasteiger partial charge is 0.493 e. The number of hydroxylamine groups is 1. The summed E-state index contributed by atoms with van der Waals surface area (Å²) in [6.45, 7) is 0.294. The number of nitrogens with zero attached hydrogens (tertiary/aromatic N) is 3. The van der Waals surface area contributed by atoms with Crippen LogP contribution in [0.3, 0.4) is 0 Å². The van der Waals surface area contributed by atoms with Crippen molar-refractivity contribution in [1.29, 1.82) is 0 Å². The Kier molecular flexibility index (Phi) is 7.59. The van der Waals surface area contributed by atoms with Gasteiger partial charge in [0.25, 0.3) is 15.9 Å². The van der Waals surface area contributed by atoms with Gasteiger partial charge in [-0.1, -0.05) is 28.2 Å². The van der Waals surface area contributed by atoms with Gasteiger partial charge < -0.3 is 14.8 Å². The second kappa shape index (κ2) is 10.2. The van der Waals surface area contributed by atoms with Gasteiger partial charge >= 0.3 is 0 Å². The lowest BCUT2D eigenvalue weighted by Crippen LogP contribution is -2.26. The Morgan fingerprint density at radius 2 is 1.91 bits per heavy atom. The fourth-order valence-corrected chi connectivity index (χ4v) is 4.55. The van der Waals surface area contributed by atoms with Crippen molar-refractivity contribution in [3.8, 4) is 11.5 Å². The van der Waals surface area contributed by atoms with Crippen molar-refractivity contribution < 1.29 is 27.5 Å². The monoisotopic (exact) mass is 494 g/mol. The van der Waals surface area contributed by atoms with Crippen molar-refractivity contribution in [2.45, 2.75) is 11.4 Å². The number of nitrogens with one attached hydrogen (secondary N) is 1. The zero-order valence-electron chi connectivity index (χ0n) is 18.4. The Morgan fingerprint density at radius 1 is 1.15 bits per heavy atom. The lowest BCUT2D eigenvalue weighted by Gasteiger charge is -2.16. The van der Waals surface area contributed by atoms with Gasteiger partial charge in [-0.3, -0.25) is 9.63 Å². The van der Waals surface area contributed by atoms with Gasteiger partial charge in [0.2, 0.25) is 0 Å². The molecule has 176 valence electrons. The van der Waals surface area contributed by atoms with E-state index in [0.717, 1.165) is 5.56 Å². The first-order valence-corrected chi connectivity index (χ1v) is 11.4. The molecule has 3 rings (SSSR count). The maximum atomic E-state index is 12.9. The number of amides is 1. The number of anilines is 1. The number of rotatable bonds is 9. The summed E-state index contributed by atoms with van der Waals surface area (Å²) in [5, 5.41) is 6.96. The predicted molar refractivity (Wildman–Crippen MR) is 122 cm³/mol. The maximum absolute atomic E-state index is 12.9. The third-order valence-electron chi connectivity index (χ3n) is 4.83. The number of para-hydroxylation sites is 1. The van der Waals surface area contributed by atoms with Crippen LogP contribution in [0.1, 0.15) is 15.9 Å². The molecule has 0 bridgehead atoms. The van der Waals surface area contributed by atoms with Crippen LogP contribution in [-0.4, -0.2) is 57.0 Å². The van der Waals surface area contributed by atoms with Crippen LogP contribution in [0.2, 0.25) is 5.02 Å². The molecule has 0 unspecified atom stereocenters. The first kappa shape index (κ1) is 24.5. The number of halogens is 1. The number of hydrogen-bond donors (Lipinski definition) is 1. The minimum atomic E-state index is -4.05. The molecular formula is C21H23ClN4O6S. The highest BCUT2D eigenvalue weighted by Crippen LogP contribution is 2.31. The number of benzene rings is 2. The molecule has 3 aromatic rings.